The van der Waals surface area contributed by atoms with Crippen LogP contribution in [-0.4, -0.2) is 40.0 Å². The smallest absolute Gasteiger partial charge is 0.310 e. The normalized spacial score (nSPS) is 16.4. The highest BCUT2D eigenvalue weighted by Crippen LogP contribution is 2.33. The number of carbonyl (C=O) groups excluding carboxylic acids is 2. The Morgan fingerprint density at radius 2 is 1.79 bits per heavy atom. The van der Waals surface area contributed by atoms with Crippen LogP contribution in [0.2, 0.25) is 0 Å². The fourth-order valence-electron chi connectivity index (χ4n) is 4.67. The molecule has 0 aliphatic carbocycles. The van der Waals surface area contributed by atoms with E-state index in [1.807, 2.05) is 35.2 Å². The monoisotopic (exact) mass is 553 g/mol. The van der Waals surface area contributed by atoms with Crippen molar-refractivity contribution in [1.29, 1.82) is 0 Å². The third-order valence-electron chi connectivity index (χ3n) is 6.64. The van der Waals surface area contributed by atoms with Crippen molar-refractivity contribution in [2.24, 2.45) is 5.92 Å². The number of amides is 1. The van der Waals surface area contributed by atoms with E-state index in [-0.39, 0.29) is 34.6 Å². The van der Waals surface area contributed by atoms with Gasteiger partial charge in [-0.05, 0) is 62.6 Å². The summed E-state index contributed by atoms with van der Waals surface area (Å²) in [4.78, 5) is 27.0. The van der Waals surface area contributed by atoms with Gasteiger partial charge in [0.05, 0.1) is 23.8 Å². The number of nitrogens with one attached hydrogen (secondary N) is 2. The molecule has 0 radical (unpaired) electrons. The minimum Gasteiger partial charge on any atom is -0.466 e. The number of piperidine rings is 1. The van der Waals surface area contributed by atoms with Gasteiger partial charge in [-0.3, -0.25) is 9.59 Å². The molecule has 2 atom stereocenters. The Morgan fingerprint density at radius 3 is 2.51 bits per heavy atom. The van der Waals surface area contributed by atoms with Crippen LogP contribution >= 0.6 is 0 Å². The molecule has 1 heterocycles. The van der Waals surface area contributed by atoms with Gasteiger partial charge in [0.25, 0.3) is 5.91 Å². The maximum absolute atomic E-state index is 14.2. The summed E-state index contributed by atoms with van der Waals surface area (Å²) in [6, 6.07) is 18.7. The van der Waals surface area contributed by atoms with Gasteiger partial charge in [-0.2, -0.15) is 0 Å². The van der Waals surface area contributed by atoms with Crippen molar-refractivity contribution in [2.75, 3.05) is 29.9 Å². The van der Waals surface area contributed by atoms with E-state index in [9.17, 15) is 22.4 Å². The number of rotatable bonds is 9. The third kappa shape index (κ3) is 6.82. The predicted octanol–water partition coefficient (Wildman–Crippen LogP) is 4.90. The molecule has 0 bridgehead atoms. The first-order chi connectivity index (χ1) is 18.7. The van der Waals surface area contributed by atoms with E-state index in [0.717, 1.165) is 5.56 Å². The number of ether oxygens (including phenoxy) is 1. The number of hydrogen-bond donors (Lipinski definition) is 2. The Kier molecular flexibility index (Phi) is 8.98. The molecular weight excluding hydrogens is 521 g/mol. The lowest BCUT2D eigenvalue weighted by Gasteiger charge is -2.34. The van der Waals surface area contributed by atoms with E-state index in [1.54, 1.807) is 32.0 Å². The fraction of sp³-hybridized carbons (Fsp3) is 0.310. The fourth-order valence-corrected chi connectivity index (χ4v) is 6.15. The van der Waals surface area contributed by atoms with Crippen molar-refractivity contribution in [2.45, 2.75) is 37.6 Å². The molecule has 206 valence electrons. The Bertz CT molecular complexity index is 1430. The van der Waals surface area contributed by atoms with E-state index in [0.29, 0.717) is 31.6 Å². The first-order valence-electron chi connectivity index (χ1n) is 12.9. The Balaban J connectivity index is 1.69. The zero-order valence-corrected chi connectivity index (χ0v) is 22.7. The lowest BCUT2D eigenvalue weighted by Crippen LogP contribution is -2.40. The molecule has 4 rings (SSSR count). The minimum absolute atomic E-state index is 0.0545. The number of nitrogens with zero attached hydrogens (tertiary/aromatic N) is 1. The third-order valence-corrected chi connectivity index (χ3v) is 8.21. The second kappa shape index (κ2) is 12.4. The molecule has 1 amide bonds. The zero-order valence-electron chi connectivity index (χ0n) is 21.9. The number of anilines is 2. The molecule has 1 fully saturated rings. The van der Waals surface area contributed by atoms with Crippen molar-refractivity contribution in [3.63, 3.8) is 0 Å². The van der Waals surface area contributed by atoms with Gasteiger partial charge in [-0.1, -0.05) is 42.5 Å². The van der Waals surface area contributed by atoms with E-state index in [2.05, 4.69) is 10.0 Å². The van der Waals surface area contributed by atoms with Gasteiger partial charge in [-0.15, -0.1) is 0 Å². The van der Waals surface area contributed by atoms with Crippen LogP contribution in [-0.2, 0) is 19.6 Å². The van der Waals surface area contributed by atoms with Crippen LogP contribution in [0.3, 0.4) is 0 Å². The molecule has 1 aliphatic rings. The van der Waals surface area contributed by atoms with Crippen LogP contribution in [0.4, 0.5) is 15.8 Å². The highest BCUT2D eigenvalue weighted by atomic mass is 32.2. The standard InChI is InChI=1S/C29H32FN3O5S/c1-3-38-29(35)22-12-9-17-33(19-22)26-16-15-23(31-28(34)24-13-7-8-14-25(24)30)18-27(26)39(36,37)32-20(2)21-10-5-4-6-11-21/h4-8,10-11,13-16,18,20,22,32H,3,9,12,17,19H2,1-2H3,(H,31,34)/t20-,22-/m1/s1. The maximum Gasteiger partial charge on any atom is 0.310 e. The highest BCUT2D eigenvalue weighted by Gasteiger charge is 2.31. The summed E-state index contributed by atoms with van der Waals surface area (Å²) in [6.45, 7) is 4.61. The number of benzene rings is 3. The lowest BCUT2D eigenvalue weighted by atomic mass is 9.97. The number of halogens is 1. The van der Waals surface area contributed by atoms with Gasteiger partial charge in [0.1, 0.15) is 10.7 Å². The van der Waals surface area contributed by atoms with Gasteiger partial charge >= 0.3 is 5.97 Å². The van der Waals surface area contributed by atoms with Crippen LogP contribution in [0, 0.1) is 11.7 Å². The zero-order chi connectivity index (χ0) is 28.0. The first kappa shape index (κ1) is 28.3. The molecule has 8 nitrogen and oxygen atoms in total. The molecule has 3 aromatic carbocycles. The average Bonchev–Trinajstić information content (AvgIpc) is 2.93. The van der Waals surface area contributed by atoms with Crippen molar-refractivity contribution in [3.05, 3.63) is 89.7 Å². The molecule has 10 heteroatoms. The number of esters is 1. The van der Waals surface area contributed by atoms with E-state index in [4.69, 9.17) is 4.74 Å². The Hall–Kier alpha value is -3.76. The summed E-state index contributed by atoms with van der Waals surface area (Å²) in [5.74, 6) is -2.08. The molecule has 1 aliphatic heterocycles. The van der Waals surface area contributed by atoms with Crippen LogP contribution in [0.1, 0.15) is 48.7 Å². The number of sulfonamides is 1. The maximum atomic E-state index is 14.2. The average molecular weight is 554 g/mol. The minimum atomic E-state index is -4.10. The van der Waals surface area contributed by atoms with Crippen LogP contribution in [0.5, 0.6) is 0 Å². The molecule has 39 heavy (non-hydrogen) atoms. The van der Waals surface area contributed by atoms with Crippen LogP contribution in [0.15, 0.2) is 77.7 Å². The summed E-state index contributed by atoms with van der Waals surface area (Å²) in [5, 5.41) is 2.61. The topological polar surface area (TPSA) is 105 Å². The molecule has 3 aromatic rings. The molecule has 2 N–H and O–H groups in total. The number of carbonyl (C=O) groups is 2. The second-order valence-corrected chi connectivity index (χ2v) is 11.1. The van der Waals surface area contributed by atoms with Crippen molar-refractivity contribution < 1.29 is 27.1 Å². The largest absolute Gasteiger partial charge is 0.466 e. The molecule has 1 saturated heterocycles. The summed E-state index contributed by atoms with van der Waals surface area (Å²) in [7, 11) is -4.10. The van der Waals surface area contributed by atoms with Gasteiger partial charge < -0.3 is 15.0 Å². The molecular formula is C29H32FN3O5S. The molecule has 0 aromatic heterocycles. The van der Waals surface area contributed by atoms with Crippen LogP contribution in [0.25, 0.3) is 0 Å². The Labute approximate surface area is 228 Å². The summed E-state index contributed by atoms with van der Waals surface area (Å²) < 4.78 is 49.6. The second-order valence-electron chi connectivity index (χ2n) is 9.41. The van der Waals surface area contributed by atoms with Crippen molar-refractivity contribution in [1.82, 2.24) is 4.72 Å². The molecule has 0 unspecified atom stereocenters. The highest BCUT2D eigenvalue weighted by molar-refractivity contribution is 7.89. The van der Waals surface area contributed by atoms with Gasteiger partial charge in [0, 0.05) is 24.8 Å². The van der Waals surface area contributed by atoms with Crippen LogP contribution < -0.4 is 14.9 Å². The van der Waals surface area contributed by atoms with Gasteiger partial charge in [-0.25, -0.2) is 17.5 Å². The van der Waals surface area contributed by atoms with Gasteiger partial charge in [0.15, 0.2) is 0 Å². The SMILES string of the molecule is CCOC(=O)[C@@H]1CCCN(c2ccc(NC(=O)c3ccccc3F)cc2S(=O)(=O)N[C@H](C)c2ccccc2)C1. The lowest BCUT2D eigenvalue weighted by molar-refractivity contribution is -0.148. The number of hydrogen-bond acceptors (Lipinski definition) is 6. The predicted molar refractivity (Wildman–Crippen MR) is 148 cm³/mol. The van der Waals surface area contributed by atoms with Gasteiger partial charge in [0.2, 0.25) is 10.0 Å². The van der Waals surface area contributed by atoms with E-state index >= 15 is 0 Å². The van der Waals surface area contributed by atoms with E-state index in [1.165, 1.54) is 24.3 Å². The summed E-state index contributed by atoms with van der Waals surface area (Å²) in [5.41, 5.74) is 1.22. The molecule has 0 spiro atoms. The van der Waals surface area contributed by atoms with Crippen molar-refractivity contribution >= 4 is 33.3 Å². The molecule has 0 saturated carbocycles. The van der Waals surface area contributed by atoms with Crippen molar-refractivity contribution in [3.8, 4) is 0 Å². The van der Waals surface area contributed by atoms with E-state index < -0.39 is 27.8 Å². The first-order valence-corrected chi connectivity index (χ1v) is 14.4. The summed E-state index contributed by atoms with van der Waals surface area (Å²) in [6.07, 6.45) is 1.33. The Morgan fingerprint density at radius 1 is 1.08 bits per heavy atom. The summed E-state index contributed by atoms with van der Waals surface area (Å²) >= 11 is 0. The quantitative estimate of drug-likeness (QED) is 0.366.